The van der Waals surface area contributed by atoms with E-state index < -0.39 is 18.9 Å². The molecule has 25 heavy (non-hydrogen) atoms. The van der Waals surface area contributed by atoms with Gasteiger partial charge in [-0.1, -0.05) is 6.07 Å². The lowest BCUT2D eigenvalue weighted by atomic mass is 10.2. The average molecular weight is 346 g/mol. The number of ether oxygens (including phenoxy) is 1. The summed E-state index contributed by atoms with van der Waals surface area (Å²) >= 11 is 0. The summed E-state index contributed by atoms with van der Waals surface area (Å²) in [6.07, 6.45) is 2.68. The minimum Gasteiger partial charge on any atom is -0.470 e. The standard InChI is InChI=1S/C15H12F2N6O2/c16-12(17)8-25-13-7-19-11(5-20-13)15(24)22-10-6-21-23-14(10)9-3-1-2-4-18-9/h1-7,12H,8H2,(H,21,23)(H,22,24). The summed E-state index contributed by atoms with van der Waals surface area (Å²) in [6, 6.07) is 5.34. The van der Waals surface area contributed by atoms with E-state index in [1.807, 2.05) is 0 Å². The molecule has 1 amide bonds. The van der Waals surface area contributed by atoms with E-state index in [0.717, 1.165) is 12.4 Å². The van der Waals surface area contributed by atoms with E-state index in [0.29, 0.717) is 17.1 Å². The first-order valence-corrected chi connectivity index (χ1v) is 7.12. The lowest BCUT2D eigenvalue weighted by Crippen LogP contribution is -2.15. The van der Waals surface area contributed by atoms with Crippen molar-refractivity contribution in [2.75, 3.05) is 11.9 Å². The first-order chi connectivity index (χ1) is 12.1. The number of nitrogens with one attached hydrogen (secondary N) is 2. The number of hydrogen-bond acceptors (Lipinski definition) is 6. The number of alkyl halides is 2. The smallest absolute Gasteiger partial charge is 0.275 e. The minimum absolute atomic E-state index is 0.00225. The SMILES string of the molecule is O=C(Nc1cn[nH]c1-c1ccccn1)c1cnc(OCC(F)F)cn1. The molecule has 3 heterocycles. The van der Waals surface area contributed by atoms with Crippen LogP contribution in [0.15, 0.2) is 43.0 Å². The van der Waals surface area contributed by atoms with Crippen molar-refractivity contribution >= 4 is 11.6 Å². The Hall–Kier alpha value is -3.43. The molecule has 0 saturated heterocycles. The molecule has 0 radical (unpaired) electrons. The highest BCUT2D eigenvalue weighted by atomic mass is 19.3. The van der Waals surface area contributed by atoms with E-state index in [1.54, 1.807) is 24.4 Å². The van der Waals surface area contributed by atoms with Gasteiger partial charge in [0.05, 0.1) is 30.0 Å². The fraction of sp³-hybridized carbons (Fsp3) is 0.133. The molecule has 0 unspecified atom stereocenters. The largest absolute Gasteiger partial charge is 0.470 e. The normalized spacial score (nSPS) is 10.7. The molecule has 0 aliphatic heterocycles. The lowest BCUT2D eigenvalue weighted by molar-refractivity contribution is 0.0792. The van der Waals surface area contributed by atoms with Crippen LogP contribution >= 0.6 is 0 Å². The summed E-state index contributed by atoms with van der Waals surface area (Å²) in [6.45, 7) is -0.789. The van der Waals surface area contributed by atoms with Crippen LogP contribution in [0.4, 0.5) is 14.5 Å². The van der Waals surface area contributed by atoms with Gasteiger partial charge in [0.15, 0.2) is 6.61 Å². The van der Waals surface area contributed by atoms with Crippen molar-refractivity contribution in [2.24, 2.45) is 0 Å². The number of amides is 1. The van der Waals surface area contributed by atoms with E-state index in [-0.39, 0.29) is 11.6 Å². The minimum atomic E-state index is -2.61. The number of carbonyl (C=O) groups is 1. The zero-order valence-electron chi connectivity index (χ0n) is 12.7. The van der Waals surface area contributed by atoms with Crippen LogP contribution in [0.1, 0.15) is 10.5 Å². The number of pyridine rings is 1. The summed E-state index contributed by atoms with van der Waals surface area (Å²) in [5, 5.41) is 9.29. The summed E-state index contributed by atoms with van der Waals surface area (Å²) in [4.78, 5) is 24.0. The van der Waals surface area contributed by atoms with Crippen molar-refractivity contribution in [1.29, 1.82) is 0 Å². The highest BCUT2D eigenvalue weighted by Crippen LogP contribution is 2.23. The Morgan fingerprint density at radius 3 is 2.76 bits per heavy atom. The van der Waals surface area contributed by atoms with E-state index >= 15 is 0 Å². The quantitative estimate of drug-likeness (QED) is 0.708. The fourth-order valence-electron chi connectivity index (χ4n) is 1.93. The Balaban J connectivity index is 1.70. The molecule has 2 N–H and O–H groups in total. The average Bonchev–Trinajstić information content (AvgIpc) is 3.09. The van der Waals surface area contributed by atoms with Gasteiger partial charge in [-0.3, -0.25) is 14.9 Å². The first kappa shape index (κ1) is 16.4. The second-order valence-corrected chi connectivity index (χ2v) is 4.77. The number of halogens is 2. The number of aromatic amines is 1. The van der Waals surface area contributed by atoms with Crippen molar-refractivity contribution in [1.82, 2.24) is 25.1 Å². The predicted molar refractivity (Wildman–Crippen MR) is 83.3 cm³/mol. The molecule has 0 atom stereocenters. The van der Waals surface area contributed by atoms with Crippen LogP contribution in [0.25, 0.3) is 11.4 Å². The van der Waals surface area contributed by atoms with Crippen molar-refractivity contribution in [2.45, 2.75) is 6.43 Å². The van der Waals surface area contributed by atoms with E-state index in [1.165, 1.54) is 6.20 Å². The predicted octanol–water partition coefficient (Wildman–Crippen LogP) is 2.16. The first-order valence-electron chi connectivity index (χ1n) is 7.12. The Morgan fingerprint density at radius 2 is 2.08 bits per heavy atom. The molecule has 3 rings (SSSR count). The Kier molecular flexibility index (Phi) is 4.88. The molecule has 3 aromatic heterocycles. The molecule has 0 aromatic carbocycles. The maximum Gasteiger partial charge on any atom is 0.275 e. The van der Waals surface area contributed by atoms with Crippen molar-refractivity contribution in [3.8, 4) is 17.3 Å². The molecule has 0 spiro atoms. The van der Waals surface area contributed by atoms with Gasteiger partial charge >= 0.3 is 0 Å². The number of H-pyrrole nitrogens is 1. The van der Waals surface area contributed by atoms with Crippen LogP contribution in [0.3, 0.4) is 0 Å². The lowest BCUT2D eigenvalue weighted by Gasteiger charge is -2.06. The molecule has 0 bridgehead atoms. The van der Waals surface area contributed by atoms with Gasteiger partial charge in [-0.2, -0.15) is 5.10 Å². The molecule has 3 aromatic rings. The Morgan fingerprint density at radius 1 is 1.20 bits per heavy atom. The topological polar surface area (TPSA) is 106 Å². The molecule has 0 saturated carbocycles. The van der Waals surface area contributed by atoms with E-state index in [2.05, 4.69) is 30.5 Å². The maximum absolute atomic E-state index is 12.2. The molecule has 0 fully saturated rings. The van der Waals surface area contributed by atoms with Gasteiger partial charge in [0.2, 0.25) is 5.88 Å². The summed E-state index contributed by atoms with van der Waals surface area (Å²) in [5.74, 6) is -0.624. The van der Waals surface area contributed by atoms with Crippen LogP contribution < -0.4 is 10.1 Å². The molecule has 10 heteroatoms. The maximum atomic E-state index is 12.2. The highest BCUT2D eigenvalue weighted by Gasteiger charge is 2.14. The zero-order valence-corrected chi connectivity index (χ0v) is 12.7. The van der Waals surface area contributed by atoms with Crippen LogP contribution in [0.5, 0.6) is 5.88 Å². The van der Waals surface area contributed by atoms with Crippen molar-refractivity contribution in [3.63, 3.8) is 0 Å². The summed E-state index contributed by atoms with van der Waals surface area (Å²) in [7, 11) is 0. The van der Waals surface area contributed by atoms with Gasteiger partial charge < -0.3 is 10.1 Å². The zero-order chi connectivity index (χ0) is 17.6. The third-order valence-electron chi connectivity index (χ3n) is 3.03. The number of aromatic nitrogens is 5. The number of rotatable bonds is 6. The number of carbonyl (C=O) groups excluding carboxylic acids is 1. The van der Waals surface area contributed by atoms with E-state index in [9.17, 15) is 13.6 Å². The molecule has 0 aliphatic rings. The second-order valence-electron chi connectivity index (χ2n) is 4.77. The summed E-state index contributed by atoms with van der Waals surface area (Å²) in [5.41, 5.74) is 1.57. The summed E-state index contributed by atoms with van der Waals surface area (Å²) < 4.78 is 28.8. The molecule has 0 aliphatic carbocycles. The number of anilines is 1. The van der Waals surface area contributed by atoms with Crippen molar-refractivity contribution in [3.05, 3.63) is 48.7 Å². The van der Waals surface area contributed by atoms with Crippen LogP contribution in [-0.4, -0.2) is 44.1 Å². The number of nitrogens with zero attached hydrogens (tertiary/aromatic N) is 4. The van der Waals surface area contributed by atoms with Crippen molar-refractivity contribution < 1.29 is 18.3 Å². The molecule has 8 nitrogen and oxygen atoms in total. The second kappa shape index (κ2) is 7.43. The third-order valence-corrected chi connectivity index (χ3v) is 3.03. The molecular formula is C15H12F2N6O2. The van der Waals surface area contributed by atoms with Gasteiger partial charge in [0.25, 0.3) is 12.3 Å². The monoisotopic (exact) mass is 346 g/mol. The molecule has 128 valence electrons. The molecular weight excluding hydrogens is 334 g/mol. The van der Waals surface area contributed by atoms with E-state index in [4.69, 9.17) is 4.74 Å². The van der Waals surface area contributed by atoms with Gasteiger partial charge in [-0.05, 0) is 12.1 Å². The van der Waals surface area contributed by atoms with Crippen LogP contribution in [0, 0.1) is 0 Å². The highest BCUT2D eigenvalue weighted by molar-refractivity contribution is 6.04. The van der Waals surface area contributed by atoms with Gasteiger partial charge in [-0.25, -0.2) is 18.7 Å². The van der Waals surface area contributed by atoms with Crippen LogP contribution in [-0.2, 0) is 0 Å². The van der Waals surface area contributed by atoms with Gasteiger partial charge in [0.1, 0.15) is 11.4 Å². The number of hydrogen-bond donors (Lipinski definition) is 2. The van der Waals surface area contributed by atoms with Crippen LogP contribution in [0.2, 0.25) is 0 Å². The fourth-order valence-corrected chi connectivity index (χ4v) is 1.93. The third kappa shape index (κ3) is 4.10. The Labute approximate surface area is 140 Å². The Bertz CT molecular complexity index is 839. The van der Waals surface area contributed by atoms with Gasteiger partial charge in [0, 0.05) is 6.20 Å². The van der Waals surface area contributed by atoms with Gasteiger partial charge in [-0.15, -0.1) is 0 Å².